The zero-order chi connectivity index (χ0) is 22.5. The van der Waals surface area contributed by atoms with Crippen molar-refractivity contribution in [2.24, 2.45) is 0 Å². The van der Waals surface area contributed by atoms with Crippen molar-refractivity contribution in [3.05, 3.63) is 23.8 Å². The lowest BCUT2D eigenvalue weighted by Gasteiger charge is -2.26. The maximum atomic E-state index is 12.8. The van der Waals surface area contributed by atoms with Gasteiger partial charge in [-0.2, -0.15) is 0 Å². The first-order chi connectivity index (χ1) is 14.3. The van der Waals surface area contributed by atoms with E-state index in [4.69, 9.17) is 4.74 Å². The second-order valence-electron chi connectivity index (χ2n) is 8.72. The first kappa shape index (κ1) is 26.9. The van der Waals surface area contributed by atoms with E-state index in [1.165, 1.54) is 32.1 Å². The number of sulfonamides is 1. The van der Waals surface area contributed by atoms with E-state index in [1.807, 2.05) is 6.07 Å². The summed E-state index contributed by atoms with van der Waals surface area (Å²) in [7, 11) is -3.79. The van der Waals surface area contributed by atoms with E-state index >= 15 is 0 Å². The molecular weight excluding hydrogens is 398 g/mol. The van der Waals surface area contributed by atoms with Crippen LogP contribution >= 0.6 is 0 Å². The van der Waals surface area contributed by atoms with Crippen LogP contribution in [0.2, 0.25) is 0 Å². The summed E-state index contributed by atoms with van der Waals surface area (Å²) in [6, 6.07) is 5.49. The molecule has 0 spiro atoms. The Morgan fingerprint density at radius 2 is 1.57 bits per heavy atom. The van der Waals surface area contributed by atoms with Crippen LogP contribution in [0.3, 0.4) is 0 Å². The van der Waals surface area contributed by atoms with Crippen molar-refractivity contribution in [3.8, 4) is 5.75 Å². The minimum Gasteiger partial charge on any atom is -0.492 e. The van der Waals surface area contributed by atoms with Gasteiger partial charge in [0, 0.05) is 6.54 Å². The van der Waals surface area contributed by atoms with Crippen molar-refractivity contribution in [2.45, 2.75) is 102 Å². The van der Waals surface area contributed by atoms with Crippen molar-refractivity contribution < 1.29 is 18.3 Å². The molecule has 0 saturated carbocycles. The summed E-state index contributed by atoms with van der Waals surface area (Å²) in [6.45, 7) is 8.55. The normalized spacial score (nSPS) is 12.3. The number of benzene rings is 1. The molecule has 1 radical (unpaired) electrons. The van der Waals surface area contributed by atoms with Crippen molar-refractivity contribution in [3.63, 3.8) is 0 Å². The number of hydrogen-bond donors (Lipinski definition) is 1. The quantitative estimate of drug-likeness (QED) is 0.302. The number of nitrogens with one attached hydrogen (secondary N) is 1. The van der Waals surface area contributed by atoms with Gasteiger partial charge >= 0.3 is 0 Å². The molecule has 6 heteroatoms. The molecule has 0 heterocycles. The fraction of sp³-hybridized carbons (Fsp3) is 0.750. The zero-order valence-corrected chi connectivity index (χ0v) is 20.3. The topological polar surface area (TPSA) is 75.3 Å². The summed E-state index contributed by atoms with van der Waals surface area (Å²) in [5.41, 5.74) is 0.850. The van der Waals surface area contributed by atoms with E-state index in [1.54, 1.807) is 12.1 Å². The van der Waals surface area contributed by atoms with Crippen LogP contribution < -0.4 is 9.46 Å². The molecule has 0 bridgehead atoms. The SMILES string of the molecule is CCCCCCCCOc1ccc(C(C)(C)CCCCC)cc1S(=O)(=O)NCC[O]. The molecule has 1 aromatic carbocycles. The Morgan fingerprint density at radius 1 is 0.933 bits per heavy atom. The first-order valence-corrected chi connectivity index (χ1v) is 13.1. The van der Waals surface area contributed by atoms with Gasteiger partial charge in [-0.15, -0.1) is 0 Å². The number of rotatable bonds is 17. The molecular formula is C24H42NO4S. The fourth-order valence-electron chi connectivity index (χ4n) is 3.54. The van der Waals surface area contributed by atoms with Crippen LogP contribution in [0, 0.1) is 0 Å². The highest BCUT2D eigenvalue weighted by atomic mass is 32.2. The van der Waals surface area contributed by atoms with Crippen molar-refractivity contribution in [2.75, 3.05) is 19.8 Å². The van der Waals surface area contributed by atoms with E-state index in [9.17, 15) is 13.5 Å². The zero-order valence-electron chi connectivity index (χ0n) is 19.5. The molecule has 0 amide bonds. The Hall–Kier alpha value is -1.11. The summed E-state index contributed by atoms with van der Waals surface area (Å²) in [4.78, 5) is 0.142. The highest BCUT2D eigenvalue weighted by Gasteiger charge is 2.26. The van der Waals surface area contributed by atoms with Gasteiger partial charge in [0.25, 0.3) is 0 Å². The summed E-state index contributed by atoms with van der Waals surface area (Å²) in [5.74, 6) is 0.370. The van der Waals surface area contributed by atoms with Crippen LogP contribution in [0.1, 0.15) is 97.5 Å². The van der Waals surface area contributed by atoms with E-state index in [2.05, 4.69) is 32.4 Å². The molecule has 1 aromatic rings. The van der Waals surface area contributed by atoms with Gasteiger partial charge in [0.2, 0.25) is 10.0 Å². The molecule has 5 nitrogen and oxygen atoms in total. The van der Waals surface area contributed by atoms with Gasteiger partial charge in [0.1, 0.15) is 10.6 Å². The number of ether oxygens (including phenoxy) is 1. The lowest BCUT2D eigenvalue weighted by molar-refractivity contribution is 0.199. The summed E-state index contributed by atoms with van der Waals surface area (Å²) in [5, 5.41) is 10.8. The van der Waals surface area contributed by atoms with Crippen LogP contribution in [0.4, 0.5) is 0 Å². The van der Waals surface area contributed by atoms with E-state index in [-0.39, 0.29) is 16.9 Å². The third-order valence-corrected chi connectivity index (χ3v) is 7.05. The Bertz CT molecular complexity index is 701. The van der Waals surface area contributed by atoms with Gasteiger partial charge in [-0.25, -0.2) is 18.2 Å². The lowest BCUT2D eigenvalue weighted by atomic mass is 9.80. The third kappa shape index (κ3) is 9.36. The van der Waals surface area contributed by atoms with E-state index in [0.29, 0.717) is 12.4 Å². The first-order valence-electron chi connectivity index (χ1n) is 11.6. The summed E-state index contributed by atoms with van der Waals surface area (Å²) < 4.78 is 33.9. The maximum absolute atomic E-state index is 12.8. The maximum Gasteiger partial charge on any atom is 0.244 e. The standard InChI is InChI=1S/C24H42NO4S/c1-5-7-9-10-11-13-19-29-22-15-14-21(24(3,4)16-12-8-6-2)20-23(22)30(27,28)25-17-18-26/h14-15,20,25H,5-13,16-19H2,1-4H3. The molecule has 0 aliphatic carbocycles. The largest absolute Gasteiger partial charge is 0.492 e. The second kappa shape index (κ2) is 14.0. The van der Waals surface area contributed by atoms with Crippen LogP contribution in [0.15, 0.2) is 23.1 Å². The number of unbranched alkanes of at least 4 members (excludes halogenated alkanes) is 7. The van der Waals surface area contributed by atoms with Gasteiger partial charge in [-0.3, -0.25) is 0 Å². The average molecular weight is 441 g/mol. The Morgan fingerprint density at radius 3 is 2.23 bits per heavy atom. The van der Waals surface area contributed by atoms with Gasteiger partial charge < -0.3 is 4.74 Å². The Labute approximate surface area is 184 Å². The summed E-state index contributed by atoms with van der Waals surface area (Å²) >= 11 is 0. The highest BCUT2D eigenvalue weighted by Crippen LogP contribution is 2.34. The van der Waals surface area contributed by atoms with Crippen LogP contribution in [0.25, 0.3) is 0 Å². The lowest BCUT2D eigenvalue weighted by Crippen LogP contribution is -2.27. The van der Waals surface area contributed by atoms with Gasteiger partial charge in [-0.05, 0) is 36.0 Å². The smallest absolute Gasteiger partial charge is 0.244 e. The second-order valence-corrected chi connectivity index (χ2v) is 10.5. The average Bonchev–Trinajstić information content (AvgIpc) is 2.71. The molecule has 0 aliphatic heterocycles. The Balaban J connectivity index is 2.96. The molecule has 0 atom stereocenters. The minimum absolute atomic E-state index is 0.122. The highest BCUT2D eigenvalue weighted by molar-refractivity contribution is 7.89. The van der Waals surface area contributed by atoms with Gasteiger partial charge in [0.05, 0.1) is 13.2 Å². The predicted octanol–water partition coefficient (Wildman–Crippen LogP) is 5.99. The van der Waals surface area contributed by atoms with E-state index < -0.39 is 16.6 Å². The molecule has 0 saturated heterocycles. The number of hydrogen-bond acceptors (Lipinski definition) is 3. The predicted molar refractivity (Wildman–Crippen MR) is 123 cm³/mol. The van der Waals surface area contributed by atoms with Crippen molar-refractivity contribution in [1.82, 2.24) is 4.72 Å². The molecule has 1 rings (SSSR count). The molecule has 0 unspecified atom stereocenters. The Kier molecular flexibility index (Phi) is 12.6. The van der Waals surface area contributed by atoms with Gasteiger partial charge in [0.15, 0.2) is 0 Å². The molecule has 173 valence electrons. The molecule has 0 aromatic heterocycles. The summed E-state index contributed by atoms with van der Waals surface area (Å²) in [6.07, 6.45) is 11.3. The molecule has 0 fully saturated rings. The van der Waals surface area contributed by atoms with Crippen molar-refractivity contribution in [1.29, 1.82) is 0 Å². The molecule has 1 N–H and O–H groups in total. The molecule has 30 heavy (non-hydrogen) atoms. The van der Waals surface area contributed by atoms with Gasteiger partial charge in [-0.1, -0.05) is 85.1 Å². The van der Waals surface area contributed by atoms with Crippen molar-refractivity contribution >= 4 is 10.0 Å². The third-order valence-electron chi connectivity index (χ3n) is 5.57. The van der Waals surface area contributed by atoms with Crippen LogP contribution in [-0.4, -0.2) is 28.2 Å². The van der Waals surface area contributed by atoms with Crippen LogP contribution in [-0.2, 0) is 20.5 Å². The molecule has 0 aliphatic rings. The van der Waals surface area contributed by atoms with Crippen LogP contribution in [0.5, 0.6) is 5.75 Å². The minimum atomic E-state index is -3.79. The van der Waals surface area contributed by atoms with E-state index in [0.717, 1.165) is 37.7 Å². The monoisotopic (exact) mass is 440 g/mol. The fourth-order valence-corrected chi connectivity index (χ4v) is 4.72.